The van der Waals surface area contributed by atoms with E-state index in [0.717, 1.165) is 18.0 Å². The first-order valence-corrected chi connectivity index (χ1v) is 10.8. The van der Waals surface area contributed by atoms with Crippen LogP contribution in [-0.4, -0.2) is 27.6 Å². The quantitative estimate of drug-likeness (QED) is 0.669. The molecule has 1 atom stereocenters. The molecule has 1 N–H and O–H groups in total. The Labute approximate surface area is 186 Å². The minimum atomic E-state index is -0.389. The number of nitrogens with zero attached hydrogens (tertiary/aromatic N) is 4. The highest BCUT2D eigenvalue weighted by Gasteiger charge is 2.34. The second kappa shape index (κ2) is 7.97. The summed E-state index contributed by atoms with van der Waals surface area (Å²) in [7, 11) is 0. The van der Waals surface area contributed by atoms with Crippen molar-refractivity contribution in [2.75, 3.05) is 10.2 Å². The van der Waals surface area contributed by atoms with Gasteiger partial charge in [-0.05, 0) is 68.0 Å². The minimum absolute atomic E-state index is 0.0694. The van der Waals surface area contributed by atoms with E-state index in [1.165, 1.54) is 30.7 Å². The number of fused-ring (bicyclic) bond motifs is 1. The first-order chi connectivity index (χ1) is 15.5. The molecule has 1 saturated carbocycles. The Kier molecular flexibility index (Phi) is 4.98. The summed E-state index contributed by atoms with van der Waals surface area (Å²) in [5, 5.41) is 16.2. The Bertz CT molecular complexity index is 1230. The maximum Gasteiger partial charge on any atom is 0.279 e. The summed E-state index contributed by atoms with van der Waals surface area (Å²) in [5.74, 6) is 0.225. The molecule has 3 aromatic rings. The van der Waals surface area contributed by atoms with Crippen LogP contribution in [-0.2, 0) is 13.0 Å². The fourth-order valence-corrected chi connectivity index (χ4v) is 4.23. The summed E-state index contributed by atoms with van der Waals surface area (Å²) in [6.07, 6.45) is 5.22. The van der Waals surface area contributed by atoms with E-state index in [0.29, 0.717) is 29.1 Å². The van der Waals surface area contributed by atoms with E-state index in [1.807, 2.05) is 25.1 Å². The standard InChI is InChI=1S/C25H23N5O2/c1-16-15-29-23(22(14-27-29)28-24(31)20-4-2-3-19(12-20)13-26)25(32)30(16)21-9-7-18(8-10-21)11-17-5-6-17/h2-4,7-10,12,14,16-17H,5-6,11,15H2,1H3,(H,28,31). The van der Waals surface area contributed by atoms with Gasteiger partial charge < -0.3 is 10.2 Å². The molecule has 7 heteroatoms. The van der Waals surface area contributed by atoms with Crippen molar-refractivity contribution >= 4 is 23.2 Å². The van der Waals surface area contributed by atoms with Crippen molar-refractivity contribution in [1.82, 2.24) is 9.78 Å². The Morgan fingerprint density at radius 1 is 1.22 bits per heavy atom. The summed E-state index contributed by atoms with van der Waals surface area (Å²) in [4.78, 5) is 28.0. The summed E-state index contributed by atoms with van der Waals surface area (Å²) in [5.41, 5.74) is 3.61. The first-order valence-electron chi connectivity index (χ1n) is 10.8. The molecule has 1 aromatic heterocycles. The number of carbonyl (C=O) groups excluding carboxylic acids is 2. The second-order valence-corrected chi connectivity index (χ2v) is 8.57. The number of rotatable bonds is 5. The van der Waals surface area contributed by atoms with Crippen LogP contribution in [0.15, 0.2) is 54.7 Å². The monoisotopic (exact) mass is 425 g/mol. The zero-order valence-electron chi connectivity index (χ0n) is 17.8. The van der Waals surface area contributed by atoms with Gasteiger partial charge in [-0.2, -0.15) is 10.4 Å². The molecular formula is C25H23N5O2. The van der Waals surface area contributed by atoms with Crippen LogP contribution in [0.5, 0.6) is 0 Å². The molecule has 2 amide bonds. The Morgan fingerprint density at radius 3 is 2.72 bits per heavy atom. The van der Waals surface area contributed by atoms with Crippen LogP contribution in [0.1, 0.15) is 51.7 Å². The van der Waals surface area contributed by atoms with Gasteiger partial charge in [0.1, 0.15) is 5.69 Å². The molecule has 5 rings (SSSR count). The molecule has 32 heavy (non-hydrogen) atoms. The van der Waals surface area contributed by atoms with Crippen LogP contribution in [0, 0.1) is 17.2 Å². The summed E-state index contributed by atoms with van der Waals surface area (Å²) in [6, 6.07) is 16.6. The van der Waals surface area contributed by atoms with E-state index < -0.39 is 0 Å². The van der Waals surface area contributed by atoms with E-state index in [-0.39, 0.29) is 17.9 Å². The van der Waals surface area contributed by atoms with Gasteiger partial charge in [0.2, 0.25) is 0 Å². The molecule has 0 radical (unpaired) electrons. The zero-order chi connectivity index (χ0) is 22.2. The fourth-order valence-electron chi connectivity index (χ4n) is 4.23. The number of nitriles is 1. The van der Waals surface area contributed by atoms with Gasteiger partial charge in [-0.1, -0.05) is 18.2 Å². The maximum atomic E-state index is 13.5. The number of carbonyl (C=O) groups is 2. The highest BCUT2D eigenvalue weighted by Crippen LogP contribution is 2.34. The molecule has 7 nitrogen and oxygen atoms in total. The second-order valence-electron chi connectivity index (χ2n) is 8.57. The summed E-state index contributed by atoms with van der Waals surface area (Å²) < 4.78 is 1.65. The van der Waals surface area contributed by atoms with Crippen molar-refractivity contribution in [1.29, 1.82) is 5.26 Å². The van der Waals surface area contributed by atoms with Gasteiger partial charge in [-0.15, -0.1) is 0 Å². The summed E-state index contributed by atoms with van der Waals surface area (Å²) in [6.45, 7) is 2.52. The number of hydrogen-bond acceptors (Lipinski definition) is 4. The molecule has 1 fully saturated rings. The third kappa shape index (κ3) is 3.76. The van der Waals surface area contributed by atoms with Crippen molar-refractivity contribution in [3.05, 3.63) is 77.1 Å². The fraction of sp³-hybridized carbons (Fsp3) is 0.280. The lowest BCUT2D eigenvalue weighted by molar-refractivity contribution is 0.0948. The molecule has 1 aliphatic carbocycles. The van der Waals surface area contributed by atoms with Crippen LogP contribution in [0.2, 0.25) is 0 Å². The van der Waals surface area contributed by atoms with E-state index in [4.69, 9.17) is 5.26 Å². The Hall–Kier alpha value is -3.92. The SMILES string of the molecule is CC1Cn2ncc(NC(=O)c3cccc(C#N)c3)c2C(=O)N1c1ccc(CC2CC2)cc1. The molecule has 2 heterocycles. The number of benzene rings is 2. The first kappa shape index (κ1) is 20.0. The van der Waals surface area contributed by atoms with Crippen LogP contribution in [0.4, 0.5) is 11.4 Å². The predicted octanol–water partition coefficient (Wildman–Crippen LogP) is 4.01. The normalized spacial score (nSPS) is 17.6. The van der Waals surface area contributed by atoms with Gasteiger partial charge in [-0.3, -0.25) is 14.3 Å². The molecule has 0 saturated heterocycles. The third-order valence-corrected chi connectivity index (χ3v) is 6.08. The number of nitrogens with one attached hydrogen (secondary N) is 1. The lowest BCUT2D eigenvalue weighted by Crippen LogP contribution is -2.47. The van der Waals surface area contributed by atoms with Crippen LogP contribution in [0.3, 0.4) is 0 Å². The lowest BCUT2D eigenvalue weighted by atomic mass is 10.1. The van der Waals surface area contributed by atoms with Gasteiger partial charge >= 0.3 is 0 Å². The average molecular weight is 425 g/mol. The van der Waals surface area contributed by atoms with Crippen LogP contribution in [0.25, 0.3) is 0 Å². The highest BCUT2D eigenvalue weighted by atomic mass is 16.2. The number of aromatic nitrogens is 2. The number of anilines is 2. The van der Waals surface area contributed by atoms with Crippen LogP contribution < -0.4 is 10.2 Å². The Morgan fingerprint density at radius 2 is 2.00 bits per heavy atom. The Balaban J connectivity index is 1.39. The molecule has 2 aromatic carbocycles. The highest BCUT2D eigenvalue weighted by molar-refractivity contribution is 6.13. The molecule has 1 unspecified atom stereocenters. The van der Waals surface area contributed by atoms with Gasteiger partial charge in [0.05, 0.1) is 36.1 Å². The predicted molar refractivity (Wildman–Crippen MR) is 120 cm³/mol. The zero-order valence-corrected chi connectivity index (χ0v) is 17.8. The van der Waals surface area contributed by atoms with Crippen molar-refractivity contribution in [3.63, 3.8) is 0 Å². The van der Waals surface area contributed by atoms with Crippen molar-refractivity contribution < 1.29 is 9.59 Å². The average Bonchev–Trinajstić information content (AvgIpc) is 3.53. The van der Waals surface area contributed by atoms with Crippen LogP contribution >= 0.6 is 0 Å². The molecule has 1 aliphatic heterocycles. The van der Waals surface area contributed by atoms with Crippen molar-refractivity contribution in [2.45, 2.75) is 38.8 Å². The van der Waals surface area contributed by atoms with E-state index in [2.05, 4.69) is 22.5 Å². The topological polar surface area (TPSA) is 91.0 Å². The van der Waals surface area contributed by atoms with E-state index in [9.17, 15) is 9.59 Å². The minimum Gasteiger partial charge on any atom is -0.319 e. The van der Waals surface area contributed by atoms with Crippen molar-refractivity contribution in [2.24, 2.45) is 5.92 Å². The van der Waals surface area contributed by atoms with Gasteiger partial charge in [-0.25, -0.2) is 0 Å². The lowest BCUT2D eigenvalue weighted by Gasteiger charge is -2.34. The summed E-state index contributed by atoms with van der Waals surface area (Å²) >= 11 is 0. The third-order valence-electron chi connectivity index (χ3n) is 6.08. The molecule has 2 aliphatic rings. The molecule has 0 spiro atoms. The number of amides is 2. The smallest absolute Gasteiger partial charge is 0.279 e. The number of hydrogen-bond donors (Lipinski definition) is 1. The van der Waals surface area contributed by atoms with E-state index in [1.54, 1.807) is 27.8 Å². The van der Waals surface area contributed by atoms with E-state index >= 15 is 0 Å². The van der Waals surface area contributed by atoms with Gasteiger partial charge in [0, 0.05) is 11.3 Å². The van der Waals surface area contributed by atoms with Gasteiger partial charge in [0.15, 0.2) is 0 Å². The maximum absolute atomic E-state index is 13.5. The van der Waals surface area contributed by atoms with Gasteiger partial charge in [0.25, 0.3) is 11.8 Å². The molecular weight excluding hydrogens is 402 g/mol. The largest absolute Gasteiger partial charge is 0.319 e. The van der Waals surface area contributed by atoms with Crippen molar-refractivity contribution in [3.8, 4) is 6.07 Å². The molecule has 160 valence electrons. The molecule has 0 bridgehead atoms.